The van der Waals surface area contributed by atoms with Gasteiger partial charge in [0.15, 0.2) is 0 Å². The summed E-state index contributed by atoms with van der Waals surface area (Å²) in [6, 6.07) is 16.6. The largest absolute Gasteiger partial charge is 0.319 e. The van der Waals surface area contributed by atoms with Crippen LogP contribution in [0.5, 0.6) is 0 Å². The number of likely N-dealkylation sites (N-methyl/N-ethyl adjacent to an activating group) is 1. The van der Waals surface area contributed by atoms with Crippen molar-refractivity contribution in [1.29, 1.82) is 0 Å². The summed E-state index contributed by atoms with van der Waals surface area (Å²) in [6.45, 7) is 0.957. The maximum atomic E-state index is 5.93. The Hall–Kier alpha value is -0.830. The van der Waals surface area contributed by atoms with Crippen LogP contribution in [0.2, 0.25) is 5.02 Å². The fraction of sp³-hybridized carbons (Fsp3) is 0.250. The van der Waals surface area contributed by atoms with Gasteiger partial charge in [-0.25, -0.2) is 0 Å². The summed E-state index contributed by atoms with van der Waals surface area (Å²) in [7, 11) is 1.99. The standard InChI is InChI=1S/C16H17BrClN/c1-19-11-14(13-3-2-4-15(17)10-13)9-12-5-7-16(18)8-6-12/h2-8,10,14,19H,9,11H2,1H3. The zero-order valence-corrected chi connectivity index (χ0v) is 13.2. The Balaban J connectivity index is 2.18. The second-order valence-corrected chi connectivity index (χ2v) is 5.99. The number of nitrogens with one attached hydrogen (secondary N) is 1. The van der Waals surface area contributed by atoms with E-state index in [0.717, 1.165) is 22.5 Å². The molecule has 0 aromatic heterocycles. The summed E-state index contributed by atoms with van der Waals surface area (Å²) in [5.74, 6) is 0.462. The number of benzene rings is 2. The molecule has 0 bridgehead atoms. The minimum Gasteiger partial charge on any atom is -0.319 e. The fourth-order valence-electron chi connectivity index (χ4n) is 2.22. The highest BCUT2D eigenvalue weighted by Crippen LogP contribution is 2.24. The first-order valence-corrected chi connectivity index (χ1v) is 7.50. The van der Waals surface area contributed by atoms with E-state index in [1.54, 1.807) is 0 Å². The molecule has 0 saturated heterocycles. The Bertz CT molecular complexity index is 525. The van der Waals surface area contributed by atoms with E-state index in [1.807, 2.05) is 19.2 Å². The van der Waals surface area contributed by atoms with Crippen LogP contribution in [-0.4, -0.2) is 13.6 Å². The lowest BCUT2D eigenvalue weighted by Gasteiger charge is -2.17. The van der Waals surface area contributed by atoms with Gasteiger partial charge < -0.3 is 5.32 Å². The van der Waals surface area contributed by atoms with Gasteiger partial charge in [0.1, 0.15) is 0 Å². The first-order valence-electron chi connectivity index (χ1n) is 6.33. The molecule has 0 heterocycles. The molecule has 0 radical (unpaired) electrons. The van der Waals surface area contributed by atoms with Crippen LogP contribution in [0, 0.1) is 0 Å². The van der Waals surface area contributed by atoms with E-state index < -0.39 is 0 Å². The molecule has 0 fully saturated rings. The van der Waals surface area contributed by atoms with Gasteiger partial charge in [0.25, 0.3) is 0 Å². The van der Waals surface area contributed by atoms with Crippen LogP contribution in [0.1, 0.15) is 17.0 Å². The maximum absolute atomic E-state index is 5.93. The fourth-order valence-corrected chi connectivity index (χ4v) is 2.76. The van der Waals surface area contributed by atoms with E-state index in [4.69, 9.17) is 11.6 Å². The van der Waals surface area contributed by atoms with Gasteiger partial charge >= 0.3 is 0 Å². The van der Waals surface area contributed by atoms with Crippen LogP contribution in [0.3, 0.4) is 0 Å². The maximum Gasteiger partial charge on any atom is 0.0406 e. The molecule has 3 heteroatoms. The van der Waals surface area contributed by atoms with Gasteiger partial charge in [-0.2, -0.15) is 0 Å². The Morgan fingerprint density at radius 3 is 2.53 bits per heavy atom. The third kappa shape index (κ3) is 4.34. The van der Waals surface area contributed by atoms with E-state index in [9.17, 15) is 0 Å². The third-order valence-electron chi connectivity index (χ3n) is 3.17. The Morgan fingerprint density at radius 1 is 1.16 bits per heavy atom. The van der Waals surface area contributed by atoms with Crippen molar-refractivity contribution in [2.24, 2.45) is 0 Å². The third-order valence-corrected chi connectivity index (χ3v) is 3.91. The van der Waals surface area contributed by atoms with Crippen molar-refractivity contribution in [2.75, 3.05) is 13.6 Å². The molecule has 0 saturated carbocycles. The van der Waals surface area contributed by atoms with Crippen molar-refractivity contribution >= 4 is 27.5 Å². The van der Waals surface area contributed by atoms with E-state index in [-0.39, 0.29) is 0 Å². The van der Waals surface area contributed by atoms with E-state index in [1.165, 1.54) is 11.1 Å². The predicted octanol–water partition coefficient (Wildman–Crippen LogP) is 4.65. The minimum absolute atomic E-state index is 0.462. The van der Waals surface area contributed by atoms with Crippen molar-refractivity contribution in [2.45, 2.75) is 12.3 Å². The Kier molecular flexibility index (Phi) is 5.44. The molecule has 0 amide bonds. The van der Waals surface area contributed by atoms with Crippen molar-refractivity contribution in [3.8, 4) is 0 Å². The van der Waals surface area contributed by atoms with Crippen molar-refractivity contribution in [3.63, 3.8) is 0 Å². The lowest BCUT2D eigenvalue weighted by atomic mass is 9.92. The van der Waals surface area contributed by atoms with E-state index in [2.05, 4.69) is 57.6 Å². The van der Waals surface area contributed by atoms with Gasteiger partial charge in [-0.15, -0.1) is 0 Å². The molecule has 1 N–H and O–H groups in total. The first kappa shape index (κ1) is 14.6. The first-order chi connectivity index (χ1) is 9.19. The highest BCUT2D eigenvalue weighted by atomic mass is 79.9. The number of rotatable bonds is 5. The van der Waals surface area contributed by atoms with Gasteiger partial charge in [0.05, 0.1) is 0 Å². The molecule has 19 heavy (non-hydrogen) atoms. The van der Waals surface area contributed by atoms with Gasteiger partial charge in [0.2, 0.25) is 0 Å². The molecule has 1 nitrogen and oxygen atoms in total. The summed E-state index contributed by atoms with van der Waals surface area (Å²) >= 11 is 9.47. The van der Waals surface area contributed by atoms with Crippen LogP contribution in [0.25, 0.3) is 0 Å². The zero-order chi connectivity index (χ0) is 13.7. The topological polar surface area (TPSA) is 12.0 Å². The number of hydrogen-bond donors (Lipinski definition) is 1. The highest BCUT2D eigenvalue weighted by molar-refractivity contribution is 9.10. The van der Waals surface area contributed by atoms with Gasteiger partial charge in [-0.3, -0.25) is 0 Å². The van der Waals surface area contributed by atoms with Gasteiger partial charge in [-0.05, 0) is 48.9 Å². The highest BCUT2D eigenvalue weighted by Gasteiger charge is 2.12. The molecule has 0 spiro atoms. The summed E-state index contributed by atoms with van der Waals surface area (Å²) in [6.07, 6.45) is 1.01. The summed E-state index contributed by atoms with van der Waals surface area (Å²) < 4.78 is 1.13. The van der Waals surface area contributed by atoms with Crippen LogP contribution in [0.15, 0.2) is 53.0 Å². The SMILES string of the molecule is CNCC(Cc1ccc(Cl)cc1)c1cccc(Br)c1. The van der Waals surface area contributed by atoms with Crippen molar-refractivity contribution in [3.05, 3.63) is 69.2 Å². The minimum atomic E-state index is 0.462. The smallest absolute Gasteiger partial charge is 0.0406 e. The van der Waals surface area contributed by atoms with Crippen LogP contribution >= 0.6 is 27.5 Å². The molecular weight excluding hydrogens is 322 g/mol. The quantitative estimate of drug-likeness (QED) is 0.837. The van der Waals surface area contributed by atoms with Crippen LogP contribution in [0.4, 0.5) is 0 Å². The van der Waals surface area contributed by atoms with Crippen molar-refractivity contribution < 1.29 is 0 Å². The molecule has 2 aromatic rings. The lowest BCUT2D eigenvalue weighted by molar-refractivity contribution is 0.625. The number of hydrogen-bond acceptors (Lipinski definition) is 1. The van der Waals surface area contributed by atoms with Gasteiger partial charge in [-0.1, -0.05) is 51.8 Å². The molecule has 1 unspecified atom stereocenters. The predicted molar refractivity (Wildman–Crippen MR) is 86.0 cm³/mol. The molecule has 2 rings (SSSR count). The average Bonchev–Trinajstić information content (AvgIpc) is 2.41. The Morgan fingerprint density at radius 2 is 1.89 bits per heavy atom. The normalized spacial score (nSPS) is 12.4. The molecule has 100 valence electrons. The summed E-state index contributed by atoms with van der Waals surface area (Å²) in [5.41, 5.74) is 2.66. The molecule has 1 atom stereocenters. The second-order valence-electron chi connectivity index (χ2n) is 4.64. The van der Waals surface area contributed by atoms with E-state index in [0.29, 0.717) is 5.92 Å². The van der Waals surface area contributed by atoms with E-state index >= 15 is 0 Å². The second kappa shape index (κ2) is 7.09. The monoisotopic (exact) mass is 337 g/mol. The Labute approximate surface area is 128 Å². The summed E-state index contributed by atoms with van der Waals surface area (Å²) in [4.78, 5) is 0. The van der Waals surface area contributed by atoms with Crippen molar-refractivity contribution in [1.82, 2.24) is 5.32 Å². The van der Waals surface area contributed by atoms with Crippen LogP contribution in [-0.2, 0) is 6.42 Å². The molecule has 0 aliphatic heterocycles. The zero-order valence-electron chi connectivity index (χ0n) is 10.9. The summed E-state index contributed by atoms with van der Waals surface area (Å²) in [5, 5.41) is 4.06. The average molecular weight is 339 g/mol. The molecule has 2 aromatic carbocycles. The number of halogens is 2. The molecule has 0 aliphatic carbocycles. The molecule has 0 aliphatic rings. The van der Waals surface area contributed by atoms with Crippen LogP contribution < -0.4 is 5.32 Å². The van der Waals surface area contributed by atoms with Gasteiger partial charge in [0, 0.05) is 22.0 Å². The lowest BCUT2D eigenvalue weighted by Crippen LogP contribution is -2.19. The molecular formula is C16H17BrClN.